The van der Waals surface area contributed by atoms with Crippen molar-refractivity contribution in [3.05, 3.63) is 29.6 Å². The molecule has 98 valence electrons. The highest BCUT2D eigenvalue weighted by Gasteiger charge is 2.26. The van der Waals surface area contributed by atoms with E-state index in [0.717, 1.165) is 18.4 Å². The van der Waals surface area contributed by atoms with Crippen LogP contribution in [0.4, 0.5) is 5.69 Å². The standard InChI is InChI=1S/C13H14N4O2/c1-7-2-5-10(14)9(6-7)13-16-11(17-19-13)12(18)15-8-3-4-8/h2,5-6,8H,3-4,14H2,1H3,(H,15,18). The van der Waals surface area contributed by atoms with Crippen molar-refractivity contribution < 1.29 is 9.32 Å². The predicted molar refractivity (Wildman–Crippen MR) is 69.4 cm³/mol. The van der Waals surface area contributed by atoms with Gasteiger partial charge >= 0.3 is 0 Å². The fourth-order valence-corrected chi connectivity index (χ4v) is 1.76. The van der Waals surface area contributed by atoms with Gasteiger partial charge in [-0.1, -0.05) is 16.8 Å². The SMILES string of the molecule is Cc1ccc(N)c(-c2nc(C(=O)NC3CC3)no2)c1. The molecule has 0 atom stereocenters. The Labute approximate surface area is 110 Å². The Balaban J connectivity index is 1.87. The smallest absolute Gasteiger partial charge is 0.292 e. The number of anilines is 1. The second kappa shape index (κ2) is 4.38. The lowest BCUT2D eigenvalue weighted by molar-refractivity contribution is 0.0937. The largest absolute Gasteiger partial charge is 0.398 e. The maximum Gasteiger partial charge on any atom is 0.292 e. The number of carbonyl (C=O) groups is 1. The Kier molecular flexibility index (Phi) is 2.70. The molecule has 6 nitrogen and oxygen atoms in total. The number of nitrogens with two attached hydrogens (primary N) is 1. The first-order chi connectivity index (χ1) is 9.13. The number of hydrogen-bond donors (Lipinski definition) is 2. The minimum Gasteiger partial charge on any atom is -0.398 e. The molecule has 0 aliphatic heterocycles. The molecule has 1 amide bonds. The van der Waals surface area contributed by atoms with Gasteiger partial charge in [0.2, 0.25) is 0 Å². The number of nitrogen functional groups attached to an aromatic ring is 1. The van der Waals surface area contributed by atoms with E-state index in [1.165, 1.54) is 0 Å². The first-order valence-electron chi connectivity index (χ1n) is 6.14. The lowest BCUT2D eigenvalue weighted by atomic mass is 10.1. The summed E-state index contributed by atoms with van der Waals surface area (Å²) >= 11 is 0. The topological polar surface area (TPSA) is 94.0 Å². The highest BCUT2D eigenvalue weighted by atomic mass is 16.5. The lowest BCUT2D eigenvalue weighted by Crippen LogP contribution is -2.26. The molecule has 1 saturated carbocycles. The summed E-state index contributed by atoms with van der Waals surface area (Å²) in [6.07, 6.45) is 2.03. The summed E-state index contributed by atoms with van der Waals surface area (Å²) in [4.78, 5) is 15.9. The molecule has 1 aromatic carbocycles. The van der Waals surface area contributed by atoms with Gasteiger partial charge in [-0.15, -0.1) is 0 Å². The molecule has 1 fully saturated rings. The molecule has 0 saturated heterocycles. The zero-order valence-electron chi connectivity index (χ0n) is 10.5. The van der Waals surface area contributed by atoms with Crippen LogP contribution in [-0.4, -0.2) is 22.1 Å². The van der Waals surface area contributed by atoms with E-state index >= 15 is 0 Å². The van der Waals surface area contributed by atoms with Crippen LogP contribution in [0.25, 0.3) is 11.5 Å². The number of aryl methyl sites for hydroxylation is 1. The fourth-order valence-electron chi connectivity index (χ4n) is 1.76. The third-order valence-electron chi connectivity index (χ3n) is 2.98. The number of nitrogens with one attached hydrogen (secondary N) is 1. The van der Waals surface area contributed by atoms with Crippen LogP contribution in [0.2, 0.25) is 0 Å². The third kappa shape index (κ3) is 2.42. The van der Waals surface area contributed by atoms with Gasteiger partial charge < -0.3 is 15.6 Å². The zero-order chi connectivity index (χ0) is 13.4. The van der Waals surface area contributed by atoms with Crippen LogP contribution in [0.1, 0.15) is 29.0 Å². The molecule has 1 aromatic heterocycles. The third-order valence-corrected chi connectivity index (χ3v) is 2.98. The van der Waals surface area contributed by atoms with Gasteiger partial charge in [0.05, 0.1) is 5.56 Å². The van der Waals surface area contributed by atoms with Crippen molar-refractivity contribution in [1.82, 2.24) is 15.5 Å². The van der Waals surface area contributed by atoms with Crippen LogP contribution < -0.4 is 11.1 Å². The summed E-state index contributed by atoms with van der Waals surface area (Å²) in [5.41, 5.74) is 8.10. The molecule has 1 aliphatic rings. The second-order valence-electron chi connectivity index (χ2n) is 4.76. The van der Waals surface area contributed by atoms with E-state index in [9.17, 15) is 4.79 Å². The number of hydrogen-bond acceptors (Lipinski definition) is 5. The van der Waals surface area contributed by atoms with Crippen molar-refractivity contribution in [1.29, 1.82) is 0 Å². The van der Waals surface area contributed by atoms with Crippen LogP contribution in [-0.2, 0) is 0 Å². The minimum atomic E-state index is -0.302. The fraction of sp³-hybridized carbons (Fsp3) is 0.308. The van der Waals surface area contributed by atoms with E-state index in [0.29, 0.717) is 11.3 Å². The predicted octanol–water partition coefficient (Wildman–Crippen LogP) is 1.52. The number of aromatic nitrogens is 2. The van der Waals surface area contributed by atoms with Gasteiger partial charge in [-0.25, -0.2) is 0 Å². The molecule has 6 heteroatoms. The molecule has 0 unspecified atom stereocenters. The van der Waals surface area contributed by atoms with Crippen molar-refractivity contribution >= 4 is 11.6 Å². The summed E-state index contributed by atoms with van der Waals surface area (Å²) in [6.45, 7) is 1.94. The van der Waals surface area contributed by atoms with Gasteiger partial charge in [-0.3, -0.25) is 4.79 Å². The van der Waals surface area contributed by atoms with Crippen LogP contribution in [0.3, 0.4) is 0 Å². The average molecular weight is 258 g/mol. The highest BCUT2D eigenvalue weighted by molar-refractivity contribution is 5.91. The molecule has 0 spiro atoms. The van der Waals surface area contributed by atoms with E-state index in [2.05, 4.69) is 15.5 Å². The number of benzene rings is 1. The number of carbonyl (C=O) groups excluding carboxylic acids is 1. The summed E-state index contributed by atoms with van der Waals surface area (Å²) < 4.78 is 5.11. The van der Waals surface area contributed by atoms with Gasteiger partial charge in [0.25, 0.3) is 17.6 Å². The molecule has 1 aliphatic carbocycles. The van der Waals surface area contributed by atoms with Crippen LogP contribution in [0.15, 0.2) is 22.7 Å². The highest BCUT2D eigenvalue weighted by Crippen LogP contribution is 2.25. The van der Waals surface area contributed by atoms with Crippen molar-refractivity contribution in [3.63, 3.8) is 0 Å². The Morgan fingerprint density at radius 1 is 1.47 bits per heavy atom. The van der Waals surface area contributed by atoms with E-state index in [-0.39, 0.29) is 23.7 Å². The van der Waals surface area contributed by atoms with E-state index in [1.807, 2.05) is 19.1 Å². The van der Waals surface area contributed by atoms with Gasteiger partial charge in [0.1, 0.15) is 0 Å². The van der Waals surface area contributed by atoms with Gasteiger partial charge in [-0.05, 0) is 31.9 Å². The maximum atomic E-state index is 11.8. The van der Waals surface area contributed by atoms with E-state index in [1.54, 1.807) is 6.07 Å². The first kappa shape index (κ1) is 11.7. The van der Waals surface area contributed by atoms with E-state index in [4.69, 9.17) is 10.3 Å². The van der Waals surface area contributed by atoms with Crippen LogP contribution >= 0.6 is 0 Å². The maximum absolute atomic E-state index is 11.8. The molecule has 0 radical (unpaired) electrons. The monoisotopic (exact) mass is 258 g/mol. The Bertz CT molecular complexity index is 631. The number of nitrogens with zero attached hydrogens (tertiary/aromatic N) is 2. The Morgan fingerprint density at radius 2 is 2.26 bits per heavy atom. The zero-order valence-corrected chi connectivity index (χ0v) is 10.5. The van der Waals surface area contributed by atoms with Gasteiger partial charge in [0, 0.05) is 11.7 Å². The number of amides is 1. The van der Waals surface area contributed by atoms with Crippen LogP contribution in [0.5, 0.6) is 0 Å². The van der Waals surface area contributed by atoms with Crippen molar-refractivity contribution in [2.75, 3.05) is 5.73 Å². The Hall–Kier alpha value is -2.37. The normalized spacial score (nSPS) is 14.4. The molecule has 1 heterocycles. The lowest BCUT2D eigenvalue weighted by Gasteiger charge is -2.01. The molecule has 2 aromatic rings. The molecule has 3 rings (SSSR count). The Morgan fingerprint density at radius 3 is 3.00 bits per heavy atom. The molecule has 0 bridgehead atoms. The first-order valence-corrected chi connectivity index (χ1v) is 6.14. The average Bonchev–Trinajstić information content (AvgIpc) is 3.06. The summed E-state index contributed by atoms with van der Waals surface area (Å²) in [5.74, 6) is 0.00803. The summed E-state index contributed by atoms with van der Waals surface area (Å²) in [7, 11) is 0. The minimum absolute atomic E-state index is 0.0443. The summed E-state index contributed by atoms with van der Waals surface area (Å²) in [5, 5.41) is 6.50. The quantitative estimate of drug-likeness (QED) is 0.814. The molecular formula is C13H14N4O2. The molecular weight excluding hydrogens is 244 g/mol. The van der Waals surface area contributed by atoms with Crippen molar-refractivity contribution in [3.8, 4) is 11.5 Å². The van der Waals surface area contributed by atoms with Gasteiger partial charge in [-0.2, -0.15) is 4.98 Å². The molecule has 3 N–H and O–H groups in total. The summed E-state index contributed by atoms with van der Waals surface area (Å²) in [6, 6.07) is 5.79. The van der Waals surface area contributed by atoms with Crippen LogP contribution in [0, 0.1) is 6.92 Å². The van der Waals surface area contributed by atoms with Gasteiger partial charge in [0.15, 0.2) is 0 Å². The van der Waals surface area contributed by atoms with Crippen molar-refractivity contribution in [2.45, 2.75) is 25.8 Å². The van der Waals surface area contributed by atoms with Crippen molar-refractivity contribution in [2.24, 2.45) is 0 Å². The van der Waals surface area contributed by atoms with E-state index < -0.39 is 0 Å². The molecule has 19 heavy (non-hydrogen) atoms. The number of rotatable bonds is 3. The second-order valence-corrected chi connectivity index (χ2v) is 4.76.